The molecule has 0 atom stereocenters. The van der Waals surface area contributed by atoms with Crippen molar-refractivity contribution in [1.29, 1.82) is 5.26 Å². The van der Waals surface area contributed by atoms with Gasteiger partial charge in [-0.2, -0.15) is 5.26 Å². The van der Waals surface area contributed by atoms with E-state index in [9.17, 15) is 5.26 Å². The second-order valence-corrected chi connectivity index (χ2v) is 8.28. The maximum absolute atomic E-state index is 9.45. The molecule has 0 unspecified atom stereocenters. The van der Waals surface area contributed by atoms with Crippen LogP contribution in [0.15, 0.2) is 23.1 Å². The van der Waals surface area contributed by atoms with E-state index in [4.69, 9.17) is 0 Å². The molecule has 1 N–H and O–H groups in total. The van der Waals surface area contributed by atoms with Gasteiger partial charge in [-0.1, -0.05) is 33.8 Å². The summed E-state index contributed by atoms with van der Waals surface area (Å²) in [5.41, 5.74) is 1.92. The van der Waals surface area contributed by atoms with Crippen molar-refractivity contribution in [3.63, 3.8) is 0 Å². The summed E-state index contributed by atoms with van der Waals surface area (Å²) < 4.78 is 0. The van der Waals surface area contributed by atoms with Crippen molar-refractivity contribution >= 4 is 17.4 Å². The molecule has 0 saturated carbocycles. The van der Waals surface area contributed by atoms with Gasteiger partial charge in [-0.3, -0.25) is 0 Å². The first-order valence-electron chi connectivity index (χ1n) is 7.12. The molecule has 2 nitrogen and oxygen atoms in total. The molecular formula is C17H26N2S. The molecular weight excluding hydrogens is 264 g/mol. The molecule has 0 spiro atoms. The lowest BCUT2D eigenvalue weighted by Crippen LogP contribution is -2.35. The number of hydrogen-bond acceptors (Lipinski definition) is 3. The van der Waals surface area contributed by atoms with E-state index in [1.54, 1.807) is 11.8 Å². The fourth-order valence-electron chi connectivity index (χ4n) is 2.76. The van der Waals surface area contributed by atoms with Gasteiger partial charge in [-0.05, 0) is 43.6 Å². The number of thioether (sulfide) groups is 1. The number of hydrogen-bond donors (Lipinski definition) is 1. The highest BCUT2D eigenvalue weighted by Gasteiger charge is 2.26. The van der Waals surface area contributed by atoms with Crippen LogP contribution >= 0.6 is 11.8 Å². The van der Waals surface area contributed by atoms with Crippen LogP contribution in [0.3, 0.4) is 0 Å². The summed E-state index contributed by atoms with van der Waals surface area (Å²) in [7, 11) is 0. The molecule has 0 amide bonds. The zero-order chi connectivity index (χ0) is 15.4. The fraction of sp³-hybridized carbons (Fsp3) is 0.588. The predicted octanol–water partition coefficient (Wildman–Crippen LogP) is 5.30. The molecule has 0 aliphatic carbocycles. The summed E-state index contributed by atoms with van der Waals surface area (Å²) in [5.74, 6) is 0.976. The highest BCUT2D eigenvalue weighted by atomic mass is 32.2. The first-order valence-corrected chi connectivity index (χ1v) is 8.11. The van der Waals surface area contributed by atoms with Gasteiger partial charge in [0.15, 0.2) is 0 Å². The minimum Gasteiger partial charge on any atom is -0.379 e. The Labute approximate surface area is 128 Å². The first-order chi connectivity index (χ1) is 9.18. The first kappa shape index (κ1) is 16.9. The second-order valence-electron chi connectivity index (χ2n) is 6.97. The molecule has 0 aliphatic heterocycles. The molecule has 0 aromatic heterocycles. The zero-order valence-corrected chi connectivity index (χ0v) is 14.3. The van der Waals surface area contributed by atoms with Gasteiger partial charge in [0.25, 0.3) is 0 Å². The highest BCUT2D eigenvalue weighted by Crippen LogP contribution is 2.33. The van der Waals surface area contributed by atoms with E-state index in [1.165, 1.54) is 0 Å². The van der Waals surface area contributed by atoms with Crippen molar-refractivity contribution in [1.82, 2.24) is 0 Å². The molecule has 1 aromatic rings. The van der Waals surface area contributed by atoms with Crippen LogP contribution in [0.2, 0.25) is 0 Å². The summed E-state index contributed by atoms with van der Waals surface area (Å²) in [6.45, 7) is 13.2. The van der Waals surface area contributed by atoms with Crippen molar-refractivity contribution in [2.75, 3.05) is 11.1 Å². The zero-order valence-electron chi connectivity index (χ0n) is 13.5. The Morgan fingerprint density at radius 3 is 2.35 bits per heavy atom. The molecule has 1 rings (SSSR count). The van der Waals surface area contributed by atoms with Crippen LogP contribution in [0, 0.1) is 16.7 Å². The minimum absolute atomic E-state index is 0.0423. The van der Waals surface area contributed by atoms with Gasteiger partial charge in [0, 0.05) is 10.4 Å². The number of nitrogens with zero attached hydrogens (tertiary/aromatic N) is 1. The van der Waals surface area contributed by atoms with Gasteiger partial charge in [0.05, 0.1) is 11.3 Å². The lowest BCUT2D eigenvalue weighted by molar-refractivity contribution is 0.302. The Bertz CT molecular complexity index is 493. The monoisotopic (exact) mass is 290 g/mol. The lowest BCUT2D eigenvalue weighted by atomic mass is 9.81. The van der Waals surface area contributed by atoms with E-state index in [0.29, 0.717) is 0 Å². The molecule has 0 heterocycles. The third-order valence-electron chi connectivity index (χ3n) is 2.88. The normalized spacial score (nSPS) is 12.1. The number of anilines is 1. The number of benzene rings is 1. The molecule has 1 aromatic carbocycles. The topological polar surface area (TPSA) is 35.8 Å². The van der Waals surface area contributed by atoms with E-state index in [2.05, 4.69) is 52.9 Å². The predicted molar refractivity (Wildman–Crippen MR) is 89.3 cm³/mol. The average molecular weight is 290 g/mol. The van der Waals surface area contributed by atoms with Crippen molar-refractivity contribution in [2.24, 2.45) is 5.41 Å². The minimum atomic E-state index is -0.0423. The van der Waals surface area contributed by atoms with Crippen molar-refractivity contribution < 1.29 is 0 Å². The van der Waals surface area contributed by atoms with E-state index >= 15 is 0 Å². The van der Waals surface area contributed by atoms with E-state index in [0.717, 1.165) is 28.3 Å². The molecule has 0 aliphatic rings. The number of nitrogens with one attached hydrogen (secondary N) is 1. The Kier molecular flexibility index (Phi) is 5.53. The molecule has 20 heavy (non-hydrogen) atoms. The third-order valence-corrected chi connectivity index (χ3v) is 3.82. The molecule has 0 radical (unpaired) electrons. The lowest BCUT2D eigenvalue weighted by Gasteiger charge is -2.34. The number of nitriles is 1. The van der Waals surface area contributed by atoms with Gasteiger partial charge < -0.3 is 5.32 Å². The SMILES string of the molecule is CCSc1cccc(NC(C)(C)CC(C)(C)C)c1C#N. The smallest absolute Gasteiger partial charge is 0.102 e. The standard InChI is InChI=1S/C17H26N2S/c1-7-20-15-10-8-9-14(13(15)11-18)19-17(5,6)12-16(2,3)4/h8-10,19H,7,12H2,1-6H3. The quantitative estimate of drug-likeness (QED) is 0.748. The van der Waals surface area contributed by atoms with Crippen molar-refractivity contribution in [3.05, 3.63) is 23.8 Å². The van der Waals surface area contributed by atoms with Crippen LogP contribution in [0.25, 0.3) is 0 Å². The highest BCUT2D eigenvalue weighted by molar-refractivity contribution is 7.99. The van der Waals surface area contributed by atoms with Crippen LogP contribution in [-0.4, -0.2) is 11.3 Å². The average Bonchev–Trinajstić information content (AvgIpc) is 2.25. The summed E-state index contributed by atoms with van der Waals surface area (Å²) in [6.07, 6.45) is 1.04. The third kappa shape index (κ3) is 5.09. The van der Waals surface area contributed by atoms with Crippen LogP contribution in [0.4, 0.5) is 5.69 Å². The molecule has 0 saturated heterocycles. The maximum atomic E-state index is 9.45. The van der Waals surface area contributed by atoms with E-state index < -0.39 is 0 Å². The number of rotatable bonds is 5. The van der Waals surface area contributed by atoms with Crippen LogP contribution < -0.4 is 5.32 Å². The fourth-order valence-corrected chi connectivity index (χ4v) is 3.55. The van der Waals surface area contributed by atoms with Crippen LogP contribution in [-0.2, 0) is 0 Å². The molecule has 110 valence electrons. The van der Waals surface area contributed by atoms with Gasteiger partial charge in [-0.15, -0.1) is 11.8 Å². The Morgan fingerprint density at radius 2 is 1.85 bits per heavy atom. The van der Waals surface area contributed by atoms with Crippen molar-refractivity contribution in [3.8, 4) is 6.07 Å². The van der Waals surface area contributed by atoms with Gasteiger partial charge in [0.1, 0.15) is 6.07 Å². The Balaban J connectivity index is 3.03. The summed E-state index contributed by atoms with van der Waals surface area (Å²) >= 11 is 1.72. The Morgan fingerprint density at radius 1 is 1.20 bits per heavy atom. The van der Waals surface area contributed by atoms with Crippen molar-refractivity contribution in [2.45, 2.75) is 58.4 Å². The molecule has 0 fully saturated rings. The summed E-state index contributed by atoms with van der Waals surface area (Å²) in [4.78, 5) is 1.06. The Hall–Kier alpha value is -1.14. The second kappa shape index (κ2) is 6.54. The van der Waals surface area contributed by atoms with Crippen LogP contribution in [0.1, 0.15) is 53.5 Å². The van der Waals surface area contributed by atoms with Gasteiger partial charge in [-0.25, -0.2) is 0 Å². The maximum Gasteiger partial charge on any atom is 0.102 e. The largest absolute Gasteiger partial charge is 0.379 e. The molecule has 3 heteroatoms. The van der Waals surface area contributed by atoms with E-state index in [-0.39, 0.29) is 11.0 Å². The van der Waals surface area contributed by atoms with E-state index in [1.807, 2.05) is 18.2 Å². The van der Waals surface area contributed by atoms with Gasteiger partial charge in [0.2, 0.25) is 0 Å². The van der Waals surface area contributed by atoms with Crippen LogP contribution in [0.5, 0.6) is 0 Å². The summed E-state index contributed by atoms with van der Waals surface area (Å²) in [5, 5.41) is 13.0. The summed E-state index contributed by atoms with van der Waals surface area (Å²) in [6, 6.07) is 8.40. The molecule has 0 bridgehead atoms. The van der Waals surface area contributed by atoms with Gasteiger partial charge >= 0.3 is 0 Å².